The molecule has 1 heterocycles. The van der Waals surface area contributed by atoms with Gasteiger partial charge in [-0.3, -0.25) is 4.79 Å². The van der Waals surface area contributed by atoms with E-state index in [1.165, 1.54) is 7.11 Å². The Kier molecular flexibility index (Phi) is 3.15. The monoisotopic (exact) mass is 292 g/mol. The average molecular weight is 292 g/mol. The minimum atomic E-state index is -1.40. The van der Waals surface area contributed by atoms with Crippen molar-refractivity contribution in [2.24, 2.45) is 0 Å². The molecule has 2 aromatic rings. The van der Waals surface area contributed by atoms with Gasteiger partial charge in [0.1, 0.15) is 0 Å². The molecule has 1 amide bonds. The number of esters is 1. The van der Waals surface area contributed by atoms with Gasteiger partial charge in [-0.1, -0.05) is 30.3 Å². The molecule has 3 rings (SSSR count). The predicted octanol–water partition coefficient (Wildman–Crippen LogP) is 2.23. The standard InChI is InChI=1S/C17H12N2O3/c1-22-15(20)11-6-8-12(9-7-11)17(10-18)13-4-2-3-5-14(13)19-16(17)21/h2-9H,1H3,(H,19,21). The lowest BCUT2D eigenvalue weighted by Gasteiger charge is -2.19. The zero-order valence-corrected chi connectivity index (χ0v) is 11.8. The van der Waals surface area contributed by atoms with Crippen molar-refractivity contribution in [3.05, 3.63) is 65.2 Å². The van der Waals surface area contributed by atoms with E-state index in [1.54, 1.807) is 48.5 Å². The van der Waals surface area contributed by atoms with Crippen LogP contribution in [-0.2, 0) is 14.9 Å². The number of ether oxygens (including phenoxy) is 1. The van der Waals surface area contributed by atoms with E-state index < -0.39 is 11.4 Å². The van der Waals surface area contributed by atoms with E-state index in [9.17, 15) is 14.9 Å². The third-order valence-electron chi connectivity index (χ3n) is 3.83. The van der Waals surface area contributed by atoms with Crippen molar-refractivity contribution in [1.29, 1.82) is 5.26 Å². The highest BCUT2D eigenvalue weighted by molar-refractivity contribution is 6.11. The quantitative estimate of drug-likeness (QED) is 0.861. The number of hydrogen-bond donors (Lipinski definition) is 1. The van der Waals surface area contributed by atoms with E-state index in [4.69, 9.17) is 0 Å². The van der Waals surface area contributed by atoms with Crippen molar-refractivity contribution in [2.45, 2.75) is 5.41 Å². The van der Waals surface area contributed by atoms with Gasteiger partial charge in [0.05, 0.1) is 18.7 Å². The highest BCUT2D eigenvalue weighted by atomic mass is 16.5. The predicted molar refractivity (Wildman–Crippen MR) is 79.2 cm³/mol. The Morgan fingerprint density at radius 1 is 1.18 bits per heavy atom. The maximum atomic E-state index is 12.4. The second kappa shape index (κ2) is 5.01. The fourth-order valence-corrected chi connectivity index (χ4v) is 2.69. The van der Waals surface area contributed by atoms with Crippen molar-refractivity contribution < 1.29 is 14.3 Å². The fourth-order valence-electron chi connectivity index (χ4n) is 2.69. The van der Waals surface area contributed by atoms with Crippen molar-refractivity contribution in [3.63, 3.8) is 0 Å². The van der Waals surface area contributed by atoms with E-state index in [-0.39, 0.29) is 5.91 Å². The first kappa shape index (κ1) is 13.8. The maximum absolute atomic E-state index is 12.4. The number of methoxy groups -OCH3 is 1. The SMILES string of the molecule is COC(=O)c1ccc(C2(C#N)C(=O)Nc3ccccc32)cc1. The van der Waals surface area contributed by atoms with E-state index in [0.717, 1.165) is 0 Å². The first-order valence-electron chi connectivity index (χ1n) is 6.64. The number of anilines is 1. The molecule has 5 nitrogen and oxygen atoms in total. The summed E-state index contributed by atoms with van der Waals surface area (Å²) in [7, 11) is 1.30. The Hall–Kier alpha value is -3.13. The maximum Gasteiger partial charge on any atom is 0.337 e. The molecule has 1 atom stereocenters. The number of nitriles is 1. The number of fused-ring (bicyclic) bond motifs is 1. The molecule has 0 radical (unpaired) electrons. The summed E-state index contributed by atoms with van der Waals surface area (Å²) in [5.41, 5.74) is 0.737. The summed E-state index contributed by atoms with van der Waals surface area (Å²) in [5.74, 6) is -0.851. The summed E-state index contributed by atoms with van der Waals surface area (Å²) in [4.78, 5) is 23.9. The van der Waals surface area contributed by atoms with Crippen LogP contribution in [0.2, 0.25) is 0 Å². The van der Waals surface area contributed by atoms with Crippen LogP contribution in [0, 0.1) is 11.3 Å². The molecule has 0 bridgehead atoms. The topological polar surface area (TPSA) is 79.2 Å². The summed E-state index contributed by atoms with van der Waals surface area (Å²) < 4.78 is 4.65. The lowest BCUT2D eigenvalue weighted by Crippen LogP contribution is -2.34. The summed E-state index contributed by atoms with van der Waals surface area (Å²) in [6, 6.07) is 15.5. The number of nitrogens with one attached hydrogen (secondary N) is 1. The summed E-state index contributed by atoms with van der Waals surface area (Å²) in [6.45, 7) is 0. The van der Waals surface area contributed by atoms with Crippen LogP contribution in [0.1, 0.15) is 21.5 Å². The first-order valence-corrected chi connectivity index (χ1v) is 6.64. The van der Waals surface area contributed by atoms with Crippen LogP contribution in [0.15, 0.2) is 48.5 Å². The summed E-state index contributed by atoms with van der Waals surface area (Å²) in [5, 5.41) is 12.4. The molecular weight excluding hydrogens is 280 g/mol. The van der Waals surface area contributed by atoms with Gasteiger partial charge in [0.25, 0.3) is 5.91 Å². The Bertz CT molecular complexity index is 805. The molecule has 22 heavy (non-hydrogen) atoms. The lowest BCUT2D eigenvalue weighted by atomic mass is 9.76. The fraction of sp³-hybridized carbons (Fsp3) is 0.118. The molecule has 1 N–H and O–H groups in total. The zero-order chi connectivity index (χ0) is 15.7. The Morgan fingerprint density at radius 3 is 2.50 bits per heavy atom. The summed E-state index contributed by atoms with van der Waals surface area (Å²) >= 11 is 0. The van der Waals surface area contributed by atoms with Gasteiger partial charge >= 0.3 is 5.97 Å². The van der Waals surface area contributed by atoms with Crippen LogP contribution < -0.4 is 5.32 Å². The van der Waals surface area contributed by atoms with Gasteiger partial charge in [-0.25, -0.2) is 4.79 Å². The van der Waals surface area contributed by atoms with Crippen LogP contribution in [-0.4, -0.2) is 19.0 Å². The van der Waals surface area contributed by atoms with Gasteiger partial charge in [0.2, 0.25) is 0 Å². The molecule has 0 saturated carbocycles. The number of amides is 1. The molecule has 1 aliphatic rings. The Morgan fingerprint density at radius 2 is 1.86 bits per heavy atom. The zero-order valence-electron chi connectivity index (χ0n) is 11.8. The highest BCUT2D eigenvalue weighted by Crippen LogP contribution is 2.42. The molecule has 108 valence electrons. The van der Waals surface area contributed by atoms with Crippen LogP contribution in [0.3, 0.4) is 0 Å². The second-order valence-corrected chi connectivity index (χ2v) is 4.93. The van der Waals surface area contributed by atoms with Crippen molar-refractivity contribution >= 4 is 17.6 Å². The number of para-hydroxylation sites is 1. The van der Waals surface area contributed by atoms with Crippen LogP contribution in [0.5, 0.6) is 0 Å². The molecule has 5 heteroatoms. The first-order chi connectivity index (χ1) is 10.6. The van der Waals surface area contributed by atoms with Crippen molar-refractivity contribution in [3.8, 4) is 6.07 Å². The number of rotatable bonds is 2. The molecular formula is C17H12N2O3. The smallest absolute Gasteiger partial charge is 0.337 e. The van der Waals surface area contributed by atoms with E-state index in [1.807, 2.05) is 0 Å². The van der Waals surface area contributed by atoms with Crippen molar-refractivity contribution in [2.75, 3.05) is 12.4 Å². The molecule has 0 saturated heterocycles. The highest BCUT2D eigenvalue weighted by Gasteiger charge is 2.48. The van der Waals surface area contributed by atoms with Gasteiger partial charge in [-0.15, -0.1) is 0 Å². The average Bonchev–Trinajstić information content (AvgIpc) is 2.86. The molecule has 0 spiro atoms. The third kappa shape index (κ3) is 1.78. The molecule has 1 aliphatic heterocycles. The van der Waals surface area contributed by atoms with Gasteiger partial charge in [0, 0.05) is 11.3 Å². The molecule has 2 aromatic carbocycles. The second-order valence-electron chi connectivity index (χ2n) is 4.93. The molecule has 0 aromatic heterocycles. The largest absolute Gasteiger partial charge is 0.465 e. The van der Waals surface area contributed by atoms with Gasteiger partial charge < -0.3 is 10.1 Å². The van der Waals surface area contributed by atoms with E-state index in [2.05, 4.69) is 16.1 Å². The lowest BCUT2D eigenvalue weighted by molar-refractivity contribution is -0.118. The van der Waals surface area contributed by atoms with Gasteiger partial charge in [-0.05, 0) is 23.8 Å². The third-order valence-corrected chi connectivity index (χ3v) is 3.83. The number of carbonyl (C=O) groups excluding carboxylic acids is 2. The minimum Gasteiger partial charge on any atom is -0.465 e. The Labute approximate surface area is 127 Å². The normalized spacial score (nSPS) is 19.0. The molecule has 1 unspecified atom stereocenters. The molecule has 0 fully saturated rings. The number of hydrogen-bond acceptors (Lipinski definition) is 4. The van der Waals surface area contributed by atoms with E-state index >= 15 is 0 Å². The Balaban J connectivity index is 2.14. The van der Waals surface area contributed by atoms with Crippen LogP contribution in [0.25, 0.3) is 0 Å². The van der Waals surface area contributed by atoms with Gasteiger partial charge in [-0.2, -0.15) is 5.26 Å². The number of benzene rings is 2. The van der Waals surface area contributed by atoms with E-state index in [0.29, 0.717) is 22.4 Å². The number of carbonyl (C=O) groups is 2. The molecule has 0 aliphatic carbocycles. The minimum absolute atomic E-state index is 0.367. The van der Waals surface area contributed by atoms with Crippen LogP contribution in [0.4, 0.5) is 5.69 Å². The summed E-state index contributed by atoms with van der Waals surface area (Å²) in [6.07, 6.45) is 0. The number of nitrogens with zero attached hydrogens (tertiary/aromatic N) is 1. The van der Waals surface area contributed by atoms with Gasteiger partial charge in [0.15, 0.2) is 5.41 Å². The van der Waals surface area contributed by atoms with Crippen LogP contribution >= 0.6 is 0 Å². The van der Waals surface area contributed by atoms with Crippen molar-refractivity contribution in [1.82, 2.24) is 0 Å².